The molecule has 0 aliphatic heterocycles. The molecule has 4 nitrogen and oxygen atoms in total. The van der Waals surface area contributed by atoms with Gasteiger partial charge in [-0.1, -0.05) is 36.2 Å². The third kappa shape index (κ3) is 2.92. The molecule has 1 heterocycles. The second-order valence-electron chi connectivity index (χ2n) is 4.33. The van der Waals surface area contributed by atoms with Gasteiger partial charge >= 0.3 is 0 Å². The summed E-state index contributed by atoms with van der Waals surface area (Å²) in [5.41, 5.74) is 5.83. The molecule has 2 rings (SSSR count). The van der Waals surface area contributed by atoms with Crippen LogP contribution in [-0.2, 0) is 13.5 Å². The predicted molar refractivity (Wildman–Crippen MR) is 78.2 cm³/mol. The molecule has 0 spiro atoms. The maximum absolute atomic E-state index is 6.06. The van der Waals surface area contributed by atoms with Gasteiger partial charge in [0.1, 0.15) is 0 Å². The first-order chi connectivity index (χ1) is 9.06. The second-order valence-corrected chi connectivity index (χ2v) is 5.15. The monoisotopic (exact) mass is 298 g/mol. The minimum absolute atomic E-state index is 0.154. The smallest absolute Gasteiger partial charge is 0.0744 e. The van der Waals surface area contributed by atoms with Gasteiger partial charge in [0, 0.05) is 18.8 Å². The van der Waals surface area contributed by atoms with Crippen LogP contribution < -0.4 is 11.3 Å². The van der Waals surface area contributed by atoms with Crippen LogP contribution >= 0.6 is 23.2 Å². The normalized spacial score (nSPS) is 12.7. The number of halogens is 2. The first-order valence-corrected chi connectivity index (χ1v) is 6.75. The fraction of sp³-hybridized carbons (Fsp3) is 0.308. The first-order valence-electron chi connectivity index (χ1n) is 6.00. The summed E-state index contributed by atoms with van der Waals surface area (Å²) in [6.45, 7) is 2.06. The fourth-order valence-corrected chi connectivity index (χ4v) is 2.43. The van der Waals surface area contributed by atoms with Crippen molar-refractivity contribution in [3.63, 3.8) is 0 Å². The zero-order chi connectivity index (χ0) is 14.0. The highest BCUT2D eigenvalue weighted by atomic mass is 35.5. The van der Waals surface area contributed by atoms with Crippen molar-refractivity contribution in [1.29, 1.82) is 0 Å². The Bertz CT molecular complexity index is 580. The highest BCUT2D eigenvalue weighted by Gasteiger charge is 2.19. The van der Waals surface area contributed by atoms with Crippen LogP contribution in [0.4, 0.5) is 0 Å². The van der Waals surface area contributed by atoms with Crippen LogP contribution in [0.3, 0.4) is 0 Å². The minimum Gasteiger partial charge on any atom is -0.275 e. The van der Waals surface area contributed by atoms with E-state index in [1.807, 2.05) is 25.4 Å². The van der Waals surface area contributed by atoms with E-state index in [0.29, 0.717) is 10.0 Å². The zero-order valence-electron chi connectivity index (χ0n) is 10.8. The van der Waals surface area contributed by atoms with Crippen molar-refractivity contribution in [3.8, 4) is 0 Å². The van der Waals surface area contributed by atoms with Crippen LogP contribution in [0, 0.1) is 0 Å². The molecule has 1 aromatic heterocycles. The minimum atomic E-state index is -0.154. The molecular formula is C13H16Cl2N4. The average molecular weight is 299 g/mol. The lowest BCUT2D eigenvalue weighted by atomic mass is 9.99. The maximum atomic E-state index is 6.06. The summed E-state index contributed by atoms with van der Waals surface area (Å²) < 4.78 is 1.79. The number of rotatable bonds is 4. The molecule has 0 aliphatic carbocycles. The molecule has 1 aromatic carbocycles. The third-order valence-electron chi connectivity index (χ3n) is 3.03. The average Bonchev–Trinajstić information content (AvgIpc) is 2.76. The molecule has 102 valence electrons. The van der Waals surface area contributed by atoms with E-state index in [4.69, 9.17) is 29.0 Å². The van der Waals surface area contributed by atoms with E-state index in [-0.39, 0.29) is 6.04 Å². The van der Waals surface area contributed by atoms with Gasteiger partial charge < -0.3 is 0 Å². The molecule has 19 heavy (non-hydrogen) atoms. The van der Waals surface area contributed by atoms with Crippen LogP contribution in [-0.4, -0.2) is 9.78 Å². The van der Waals surface area contributed by atoms with E-state index in [1.165, 1.54) is 0 Å². The largest absolute Gasteiger partial charge is 0.275 e. The number of benzene rings is 1. The Hall–Kier alpha value is -1.07. The van der Waals surface area contributed by atoms with Crippen molar-refractivity contribution >= 4 is 23.2 Å². The van der Waals surface area contributed by atoms with Crippen LogP contribution in [0.2, 0.25) is 10.0 Å². The zero-order valence-corrected chi connectivity index (χ0v) is 12.3. The quantitative estimate of drug-likeness (QED) is 0.674. The van der Waals surface area contributed by atoms with E-state index < -0.39 is 0 Å². The van der Waals surface area contributed by atoms with E-state index >= 15 is 0 Å². The van der Waals surface area contributed by atoms with Crippen molar-refractivity contribution in [2.24, 2.45) is 12.9 Å². The molecule has 0 amide bonds. The molecule has 2 aromatic rings. The SMILES string of the molecule is CCc1nn(C)cc1C(NN)c1ccc(Cl)c(Cl)c1. The lowest BCUT2D eigenvalue weighted by molar-refractivity contribution is 0.631. The van der Waals surface area contributed by atoms with E-state index in [1.54, 1.807) is 10.7 Å². The number of hydrazine groups is 1. The van der Waals surface area contributed by atoms with Gasteiger partial charge in [0.15, 0.2) is 0 Å². The van der Waals surface area contributed by atoms with Gasteiger partial charge in [0.05, 0.1) is 21.8 Å². The topological polar surface area (TPSA) is 55.9 Å². The number of hydrogen-bond donors (Lipinski definition) is 2. The molecule has 0 saturated heterocycles. The van der Waals surface area contributed by atoms with Crippen molar-refractivity contribution < 1.29 is 0 Å². The number of hydrogen-bond acceptors (Lipinski definition) is 3. The third-order valence-corrected chi connectivity index (χ3v) is 3.77. The van der Waals surface area contributed by atoms with Crippen LogP contribution in [0.25, 0.3) is 0 Å². The second kappa shape index (κ2) is 5.92. The van der Waals surface area contributed by atoms with Gasteiger partial charge in [0.2, 0.25) is 0 Å². The summed E-state index contributed by atoms with van der Waals surface area (Å²) in [6.07, 6.45) is 2.81. The number of nitrogens with zero attached hydrogens (tertiary/aromatic N) is 2. The molecule has 0 saturated carbocycles. The Balaban J connectivity index is 2.46. The summed E-state index contributed by atoms with van der Waals surface area (Å²) in [7, 11) is 1.89. The lowest BCUT2D eigenvalue weighted by Gasteiger charge is -2.16. The maximum Gasteiger partial charge on any atom is 0.0744 e. The van der Waals surface area contributed by atoms with E-state index in [0.717, 1.165) is 23.2 Å². The summed E-state index contributed by atoms with van der Waals surface area (Å²) in [5.74, 6) is 5.69. The molecule has 6 heteroatoms. The van der Waals surface area contributed by atoms with Gasteiger partial charge in [-0.05, 0) is 24.1 Å². The Morgan fingerprint density at radius 1 is 1.37 bits per heavy atom. The summed E-state index contributed by atoms with van der Waals surface area (Å²) >= 11 is 12.0. The molecular weight excluding hydrogens is 283 g/mol. The first kappa shape index (κ1) is 14.3. The highest BCUT2D eigenvalue weighted by molar-refractivity contribution is 6.42. The Kier molecular flexibility index (Phi) is 4.47. The van der Waals surface area contributed by atoms with Crippen molar-refractivity contribution in [3.05, 3.63) is 51.3 Å². The van der Waals surface area contributed by atoms with Crippen LogP contribution in [0.1, 0.15) is 29.8 Å². The van der Waals surface area contributed by atoms with Crippen LogP contribution in [0.5, 0.6) is 0 Å². The highest BCUT2D eigenvalue weighted by Crippen LogP contribution is 2.29. The van der Waals surface area contributed by atoms with Gasteiger partial charge in [-0.3, -0.25) is 10.5 Å². The van der Waals surface area contributed by atoms with E-state index in [2.05, 4.69) is 17.4 Å². The molecule has 0 aliphatic rings. The molecule has 0 radical (unpaired) electrons. The standard InChI is InChI=1S/C13H16Cl2N4/c1-3-12-9(7-19(2)18-12)13(17-16)8-4-5-10(14)11(15)6-8/h4-7,13,17H,3,16H2,1-2H3. The Morgan fingerprint density at radius 2 is 2.11 bits per heavy atom. The fourth-order valence-electron chi connectivity index (χ4n) is 2.13. The van der Waals surface area contributed by atoms with Crippen molar-refractivity contribution in [2.75, 3.05) is 0 Å². The van der Waals surface area contributed by atoms with Crippen LogP contribution in [0.15, 0.2) is 24.4 Å². The summed E-state index contributed by atoms with van der Waals surface area (Å²) in [6, 6.07) is 5.34. The van der Waals surface area contributed by atoms with Gasteiger partial charge in [-0.15, -0.1) is 0 Å². The molecule has 3 N–H and O–H groups in total. The summed E-state index contributed by atoms with van der Waals surface area (Å²) in [4.78, 5) is 0. The van der Waals surface area contributed by atoms with Gasteiger partial charge in [-0.25, -0.2) is 5.43 Å². The van der Waals surface area contributed by atoms with Gasteiger partial charge in [0.25, 0.3) is 0 Å². The molecule has 1 unspecified atom stereocenters. The number of aryl methyl sites for hydroxylation is 2. The van der Waals surface area contributed by atoms with Crippen molar-refractivity contribution in [2.45, 2.75) is 19.4 Å². The Labute approximate surface area is 122 Å². The molecule has 1 atom stereocenters. The van der Waals surface area contributed by atoms with E-state index in [9.17, 15) is 0 Å². The van der Waals surface area contributed by atoms with Gasteiger partial charge in [-0.2, -0.15) is 5.10 Å². The lowest BCUT2D eigenvalue weighted by Crippen LogP contribution is -2.29. The predicted octanol–water partition coefficient (Wildman–Crippen LogP) is 2.84. The Morgan fingerprint density at radius 3 is 2.68 bits per heavy atom. The molecule has 0 fully saturated rings. The van der Waals surface area contributed by atoms with Crippen molar-refractivity contribution in [1.82, 2.24) is 15.2 Å². The summed E-state index contributed by atoms with van der Waals surface area (Å²) in [5, 5.41) is 5.47. The number of aromatic nitrogens is 2. The number of nitrogens with two attached hydrogens (primary N) is 1. The molecule has 0 bridgehead atoms. The number of nitrogens with one attached hydrogen (secondary N) is 1.